The maximum atomic E-state index is 11.8. The fourth-order valence-electron chi connectivity index (χ4n) is 1.80. The van der Waals surface area contributed by atoms with Gasteiger partial charge in [-0.2, -0.15) is 0 Å². The molecular formula is C11H19N3O3. The molecule has 0 aromatic rings. The third-order valence-corrected chi connectivity index (χ3v) is 2.68. The zero-order valence-electron chi connectivity index (χ0n) is 10.2. The number of hydrogen-bond donors (Lipinski definition) is 3. The monoisotopic (exact) mass is 241 g/mol. The number of carbonyl (C=O) groups is 3. The molecule has 1 rings (SSSR count). The molecule has 3 amide bonds. The van der Waals surface area contributed by atoms with Crippen LogP contribution in [0.5, 0.6) is 0 Å². The molecule has 0 radical (unpaired) electrons. The van der Waals surface area contributed by atoms with Crippen LogP contribution in [0.1, 0.15) is 33.1 Å². The van der Waals surface area contributed by atoms with Gasteiger partial charge in [0.05, 0.1) is 0 Å². The molecule has 2 unspecified atom stereocenters. The van der Waals surface area contributed by atoms with Crippen LogP contribution < -0.4 is 16.4 Å². The van der Waals surface area contributed by atoms with Gasteiger partial charge in [0, 0.05) is 6.42 Å². The van der Waals surface area contributed by atoms with E-state index in [1.54, 1.807) is 0 Å². The summed E-state index contributed by atoms with van der Waals surface area (Å²) in [6.45, 7) is 3.89. The molecule has 6 nitrogen and oxygen atoms in total. The lowest BCUT2D eigenvalue weighted by molar-refractivity contribution is -0.129. The second-order valence-corrected chi connectivity index (χ2v) is 4.75. The van der Waals surface area contributed by atoms with Crippen LogP contribution in [0.25, 0.3) is 0 Å². The van der Waals surface area contributed by atoms with Gasteiger partial charge in [0.2, 0.25) is 17.7 Å². The standard InChI is InChI=1S/C11H19N3O3/c1-6(2)5-8(10(12)16)14-11(17)7-3-4-9(15)13-7/h6-8H,3-5H2,1-2H3,(H2,12,16)(H,13,15)(H,14,17). The van der Waals surface area contributed by atoms with Gasteiger partial charge in [-0.1, -0.05) is 13.8 Å². The van der Waals surface area contributed by atoms with Crippen molar-refractivity contribution in [2.45, 2.75) is 45.2 Å². The average Bonchev–Trinajstić information content (AvgIpc) is 2.63. The molecule has 0 spiro atoms. The fourth-order valence-corrected chi connectivity index (χ4v) is 1.80. The zero-order valence-corrected chi connectivity index (χ0v) is 10.2. The lowest BCUT2D eigenvalue weighted by Gasteiger charge is -2.19. The van der Waals surface area contributed by atoms with Crippen molar-refractivity contribution in [1.29, 1.82) is 0 Å². The van der Waals surface area contributed by atoms with Crippen molar-refractivity contribution < 1.29 is 14.4 Å². The van der Waals surface area contributed by atoms with E-state index in [9.17, 15) is 14.4 Å². The van der Waals surface area contributed by atoms with Crippen LogP contribution in [-0.4, -0.2) is 29.8 Å². The van der Waals surface area contributed by atoms with Crippen molar-refractivity contribution >= 4 is 17.7 Å². The van der Waals surface area contributed by atoms with E-state index in [1.807, 2.05) is 13.8 Å². The first-order valence-electron chi connectivity index (χ1n) is 5.79. The number of amides is 3. The number of nitrogens with one attached hydrogen (secondary N) is 2. The molecule has 1 aliphatic heterocycles. The topological polar surface area (TPSA) is 101 Å². The molecule has 6 heteroatoms. The SMILES string of the molecule is CC(C)CC(NC(=O)C1CCC(=O)N1)C(N)=O. The van der Waals surface area contributed by atoms with Crippen molar-refractivity contribution in [2.24, 2.45) is 11.7 Å². The Balaban J connectivity index is 2.52. The largest absolute Gasteiger partial charge is 0.368 e. The normalized spacial score (nSPS) is 21.1. The summed E-state index contributed by atoms with van der Waals surface area (Å²) >= 11 is 0. The zero-order chi connectivity index (χ0) is 13.0. The van der Waals surface area contributed by atoms with Crippen molar-refractivity contribution in [1.82, 2.24) is 10.6 Å². The first kappa shape index (κ1) is 13.5. The first-order chi connectivity index (χ1) is 7.90. The Morgan fingerprint density at radius 1 is 1.53 bits per heavy atom. The van der Waals surface area contributed by atoms with Gasteiger partial charge in [0.15, 0.2) is 0 Å². The van der Waals surface area contributed by atoms with Crippen molar-refractivity contribution in [3.05, 3.63) is 0 Å². The summed E-state index contributed by atoms with van der Waals surface area (Å²) in [6, 6.07) is -1.20. The molecule has 0 bridgehead atoms. The van der Waals surface area contributed by atoms with E-state index in [1.165, 1.54) is 0 Å². The van der Waals surface area contributed by atoms with Gasteiger partial charge < -0.3 is 16.4 Å². The molecule has 0 saturated carbocycles. The van der Waals surface area contributed by atoms with Gasteiger partial charge in [-0.15, -0.1) is 0 Å². The van der Waals surface area contributed by atoms with E-state index in [0.29, 0.717) is 19.3 Å². The molecular weight excluding hydrogens is 222 g/mol. The van der Waals surface area contributed by atoms with Crippen LogP contribution in [0.4, 0.5) is 0 Å². The van der Waals surface area contributed by atoms with Gasteiger partial charge >= 0.3 is 0 Å². The molecule has 0 aromatic carbocycles. The maximum absolute atomic E-state index is 11.8. The first-order valence-corrected chi connectivity index (χ1v) is 5.79. The van der Waals surface area contributed by atoms with Gasteiger partial charge in [-0.3, -0.25) is 14.4 Å². The number of hydrogen-bond acceptors (Lipinski definition) is 3. The van der Waals surface area contributed by atoms with Gasteiger partial charge in [0.1, 0.15) is 12.1 Å². The van der Waals surface area contributed by atoms with Gasteiger partial charge in [0.25, 0.3) is 0 Å². The maximum Gasteiger partial charge on any atom is 0.243 e. The van der Waals surface area contributed by atoms with Gasteiger partial charge in [-0.05, 0) is 18.8 Å². The average molecular weight is 241 g/mol. The Morgan fingerprint density at radius 3 is 2.59 bits per heavy atom. The molecule has 1 fully saturated rings. The molecule has 1 heterocycles. The molecule has 0 aromatic heterocycles. The Labute approximate surface area is 100 Å². The predicted molar refractivity (Wildman–Crippen MR) is 61.7 cm³/mol. The van der Waals surface area contributed by atoms with Crippen molar-refractivity contribution in [3.8, 4) is 0 Å². The fraction of sp³-hybridized carbons (Fsp3) is 0.727. The number of carbonyl (C=O) groups excluding carboxylic acids is 3. The second-order valence-electron chi connectivity index (χ2n) is 4.75. The quantitative estimate of drug-likeness (QED) is 0.592. The smallest absolute Gasteiger partial charge is 0.243 e. The summed E-state index contributed by atoms with van der Waals surface area (Å²) in [5, 5.41) is 5.13. The minimum atomic E-state index is -0.667. The molecule has 2 atom stereocenters. The van der Waals surface area contributed by atoms with Crippen LogP contribution in [0.2, 0.25) is 0 Å². The van der Waals surface area contributed by atoms with E-state index >= 15 is 0 Å². The number of rotatable bonds is 5. The summed E-state index contributed by atoms with van der Waals surface area (Å²) in [6.07, 6.45) is 1.32. The third kappa shape index (κ3) is 4.05. The molecule has 17 heavy (non-hydrogen) atoms. The number of nitrogens with two attached hydrogens (primary N) is 1. The van der Waals surface area contributed by atoms with Crippen LogP contribution in [0.3, 0.4) is 0 Å². The summed E-state index contributed by atoms with van der Waals surface area (Å²) in [5.41, 5.74) is 5.22. The highest BCUT2D eigenvalue weighted by Crippen LogP contribution is 2.09. The van der Waals surface area contributed by atoms with Crippen LogP contribution in [-0.2, 0) is 14.4 Å². The Bertz CT molecular complexity index is 328. The van der Waals surface area contributed by atoms with Crippen LogP contribution in [0, 0.1) is 5.92 Å². The van der Waals surface area contributed by atoms with Gasteiger partial charge in [-0.25, -0.2) is 0 Å². The lowest BCUT2D eigenvalue weighted by Crippen LogP contribution is -2.51. The van der Waals surface area contributed by atoms with E-state index in [2.05, 4.69) is 10.6 Å². The Kier molecular flexibility index (Phi) is 4.48. The predicted octanol–water partition coefficient (Wildman–Crippen LogP) is -0.719. The second kappa shape index (κ2) is 5.65. The minimum absolute atomic E-state index is 0.135. The molecule has 96 valence electrons. The van der Waals surface area contributed by atoms with E-state index in [0.717, 1.165) is 0 Å². The molecule has 1 saturated heterocycles. The Hall–Kier alpha value is -1.59. The third-order valence-electron chi connectivity index (χ3n) is 2.68. The Morgan fingerprint density at radius 2 is 2.18 bits per heavy atom. The van der Waals surface area contributed by atoms with E-state index in [-0.39, 0.29) is 17.7 Å². The lowest BCUT2D eigenvalue weighted by atomic mass is 10.0. The summed E-state index contributed by atoms with van der Waals surface area (Å²) < 4.78 is 0. The summed E-state index contributed by atoms with van der Waals surface area (Å²) in [5.74, 6) is -0.757. The minimum Gasteiger partial charge on any atom is -0.368 e. The summed E-state index contributed by atoms with van der Waals surface area (Å²) in [7, 11) is 0. The highest BCUT2D eigenvalue weighted by atomic mass is 16.2. The molecule has 1 aliphatic rings. The highest BCUT2D eigenvalue weighted by Gasteiger charge is 2.29. The van der Waals surface area contributed by atoms with E-state index in [4.69, 9.17) is 5.73 Å². The molecule has 4 N–H and O–H groups in total. The summed E-state index contributed by atoms with van der Waals surface area (Å²) in [4.78, 5) is 33.9. The molecule has 0 aliphatic carbocycles. The van der Waals surface area contributed by atoms with Crippen molar-refractivity contribution in [3.63, 3.8) is 0 Å². The van der Waals surface area contributed by atoms with Crippen LogP contribution >= 0.6 is 0 Å². The highest BCUT2D eigenvalue weighted by molar-refractivity contribution is 5.93. The van der Waals surface area contributed by atoms with E-state index < -0.39 is 18.0 Å². The number of primary amides is 1. The van der Waals surface area contributed by atoms with Crippen molar-refractivity contribution in [2.75, 3.05) is 0 Å². The van der Waals surface area contributed by atoms with Crippen LogP contribution in [0.15, 0.2) is 0 Å².